The number of carboxylic acids is 1. The van der Waals surface area contributed by atoms with Gasteiger partial charge in [-0.1, -0.05) is 13.3 Å². The third-order valence-electron chi connectivity index (χ3n) is 4.32. The molecule has 0 spiro atoms. The van der Waals surface area contributed by atoms with E-state index < -0.39 is 22.1 Å². The van der Waals surface area contributed by atoms with Crippen molar-refractivity contribution in [1.82, 2.24) is 9.03 Å². The Morgan fingerprint density at radius 1 is 1.42 bits per heavy atom. The van der Waals surface area contributed by atoms with Crippen LogP contribution in [0, 0.1) is 11.3 Å². The van der Waals surface area contributed by atoms with Crippen LogP contribution in [0.4, 0.5) is 0 Å². The van der Waals surface area contributed by atoms with Gasteiger partial charge in [0.1, 0.15) is 0 Å². The summed E-state index contributed by atoms with van der Waals surface area (Å²) in [5.74, 6) is -1.49. The van der Waals surface area contributed by atoms with Gasteiger partial charge in [0.15, 0.2) is 0 Å². The summed E-state index contributed by atoms with van der Waals surface area (Å²) >= 11 is 0. The van der Waals surface area contributed by atoms with Gasteiger partial charge in [0.25, 0.3) is 10.2 Å². The molecule has 0 amide bonds. The second-order valence-electron chi connectivity index (χ2n) is 6.03. The van der Waals surface area contributed by atoms with Gasteiger partial charge in [-0.2, -0.15) is 12.7 Å². The quantitative estimate of drug-likeness (QED) is 0.784. The fraction of sp³-hybridized carbons (Fsp3) is 0.917. The SMILES string of the molecule is CC1(CNS(=O)(=O)N2CCCC(C(=O)O)C2)CCC1. The molecule has 1 aliphatic heterocycles. The summed E-state index contributed by atoms with van der Waals surface area (Å²) in [6, 6.07) is 0. The van der Waals surface area contributed by atoms with Gasteiger partial charge in [0, 0.05) is 19.6 Å². The molecule has 1 aliphatic carbocycles. The zero-order valence-corrected chi connectivity index (χ0v) is 12.1. The minimum Gasteiger partial charge on any atom is -0.481 e. The highest BCUT2D eigenvalue weighted by Crippen LogP contribution is 2.39. The maximum absolute atomic E-state index is 12.2. The van der Waals surface area contributed by atoms with E-state index in [0.717, 1.165) is 19.3 Å². The Labute approximate surface area is 114 Å². The molecule has 6 nitrogen and oxygen atoms in total. The summed E-state index contributed by atoms with van der Waals surface area (Å²) in [4.78, 5) is 11.0. The molecule has 1 heterocycles. The van der Waals surface area contributed by atoms with E-state index in [1.807, 2.05) is 0 Å². The third kappa shape index (κ3) is 3.46. The minimum absolute atomic E-state index is 0.0784. The van der Waals surface area contributed by atoms with E-state index in [-0.39, 0.29) is 12.0 Å². The average molecular weight is 290 g/mol. The Hall–Kier alpha value is -0.660. The molecule has 0 aromatic heterocycles. The van der Waals surface area contributed by atoms with Crippen LogP contribution in [0.5, 0.6) is 0 Å². The van der Waals surface area contributed by atoms with Crippen molar-refractivity contribution >= 4 is 16.2 Å². The maximum atomic E-state index is 12.2. The molecule has 2 rings (SSSR count). The summed E-state index contributed by atoms with van der Waals surface area (Å²) < 4.78 is 28.2. The van der Waals surface area contributed by atoms with E-state index in [2.05, 4.69) is 11.6 Å². The number of nitrogens with one attached hydrogen (secondary N) is 1. The largest absolute Gasteiger partial charge is 0.481 e. The van der Waals surface area contributed by atoms with E-state index in [1.165, 1.54) is 4.31 Å². The fourth-order valence-corrected chi connectivity index (χ4v) is 4.14. The first-order chi connectivity index (χ1) is 8.82. The lowest BCUT2D eigenvalue weighted by Crippen LogP contribution is -2.50. The zero-order valence-electron chi connectivity index (χ0n) is 11.3. The van der Waals surface area contributed by atoms with Gasteiger partial charge in [0.05, 0.1) is 5.92 Å². The predicted molar refractivity (Wildman–Crippen MR) is 70.8 cm³/mol. The van der Waals surface area contributed by atoms with Gasteiger partial charge in [-0.3, -0.25) is 4.79 Å². The lowest BCUT2D eigenvalue weighted by Gasteiger charge is -2.39. The molecule has 2 N–H and O–H groups in total. The van der Waals surface area contributed by atoms with E-state index in [0.29, 0.717) is 25.9 Å². The van der Waals surface area contributed by atoms with Gasteiger partial charge in [-0.15, -0.1) is 0 Å². The monoisotopic (exact) mass is 290 g/mol. The molecule has 0 radical (unpaired) electrons. The maximum Gasteiger partial charge on any atom is 0.307 e. The highest BCUT2D eigenvalue weighted by Gasteiger charge is 2.36. The number of hydrogen-bond donors (Lipinski definition) is 2. The van der Waals surface area contributed by atoms with Crippen LogP contribution < -0.4 is 4.72 Å². The van der Waals surface area contributed by atoms with Gasteiger partial charge in [0.2, 0.25) is 0 Å². The number of nitrogens with zero attached hydrogens (tertiary/aromatic N) is 1. The number of carbonyl (C=O) groups is 1. The molecule has 110 valence electrons. The first-order valence-electron chi connectivity index (χ1n) is 6.80. The molecule has 0 bridgehead atoms. The molecule has 1 unspecified atom stereocenters. The first kappa shape index (κ1) is 14.7. The molecule has 0 aromatic carbocycles. The Kier molecular flexibility index (Phi) is 4.17. The lowest BCUT2D eigenvalue weighted by molar-refractivity contribution is -0.142. The number of carboxylic acid groups (broad SMARTS) is 1. The van der Waals surface area contributed by atoms with Crippen molar-refractivity contribution < 1.29 is 18.3 Å². The molecule has 2 aliphatic rings. The summed E-state index contributed by atoms with van der Waals surface area (Å²) in [5, 5.41) is 8.99. The van der Waals surface area contributed by atoms with Crippen LogP contribution in [0.25, 0.3) is 0 Å². The normalized spacial score (nSPS) is 27.7. The smallest absolute Gasteiger partial charge is 0.307 e. The van der Waals surface area contributed by atoms with E-state index in [4.69, 9.17) is 5.11 Å². The molecule has 19 heavy (non-hydrogen) atoms. The topological polar surface area (TPSA) is 86.7 Å². The van der Waals surface area contributed by atoms with Gasteiger partial charge >= 0.3 is 5.97 Å². The van der Waals surface area contributed by atoms with Crippen molar-refractivity contribution in [2.24, 2.45) is 11.3 Å². The summed E-state index contributed by atoms with van der Waals surface area (Å²) in [5.41, 5.74) is 0.0784. The van der Waals surface area contributed by atoms with Crippen LogP contribution in [0.15, 0.2) is 0 Å². The van der Waals surface area contributed by atoms with E-state index >= 15 is 0 Å². The summed E-state index contributed by atoms with van der Waals surface area (Å²) in [6.07, 6.45) is 4.41. The van der Waals surface area contributed by atoms with Crippen LogP contribution in [-0.4, -0.2) is 43.4 Å². The number of rotatable bonds is 5. The number of aliphatic carboxylic acids is 1. The van der Waals surface area contributed by atoms with Gasteiger partial charge in [-0.05, 0) is 31.1 Å². The predicted octanol–water partition coefficient (Wildman–Crippen LogP) is 0.808. The molecule has 0 aromatic rings. The van der Waals surface area contributed by atoms with Crippen LogP contribution >= 0.6 is 0 Å². The van der Waals surface area contributed by atoms with Crippen molar-refractivity contribution in [3.63, 3.8) is 0 Å². The molecular formula is C12H22N2O4S. The molecule has 1 saturated heterocycles. The Bertz CT molecular complexity index is 445. The molecule has 2 fully saturated rings. The van der Waals surface area contributed by atoms with E-state index in [9.17, 15) is 13.2 Å². The second-order valence-corrected chi connectivity index (χ2v) is 7.78. The number of piperidine rings is 1. The Morgan fingerprint density at radius 2 is 2.11 bits per heavy atom. The van der Waals surface area contributed by atoms with E-state index in [1.54, 1.807) is 0 Å². The molecule has 1 saturated carbocycles. The van der Waals surface area contributed by atoms with Crippen molar-refractivity contribution in [3.05, 3.63) is 0 Å². The van der Waals surface area contributed by atoms with Crippen LogP contribution in [0.3, 0.4) is 0 Å². The van der Waals surface area contributed by atoms with Crippen LogP contribution in [-0.2, 0) is 15.0 Å². The molecular weight excluding hydrogens is 268 g/mol. The van der Waals surface area contributed by atoms with Crippen molar-refractivity contribution in [3.8, 4) is 0 Å². The Morgan fingerprint density at radius 3 is 2.63 bits per heavy atom. The van der Waals surface area contributed by atoms with Gasteiger partial charge in [-0.25, -0.2) is 4.72 Å². The van der Waals surface area contributed by atoms with Gasteiger partial charge < -0.3 is 5.11 Å². The van der Waals surface area contributed by atoms with Crippen molar-refractivity contribution in [2.45, 2.75) is 39.0 Å². The molecule has 1 atom stereocenters. The van der Waals surface area contributed by atoms with Crippen LogP contribution in [0.2, 0.25) is 0 Å². The first-order valence-corrected chi connectivity index (χ1v) is 8.24. The minimum atomic E-state index is -3.54. The van der Waals surface area contributed by atoms with Crippen molar-refractivity contribution in [2.75, 3.05) is 19.6 Å². The number of hydrogen-bond acceptors (Lipinski definition) is 3. The molecule has 7 heteroatoms. The Balaban J connectivity index is 1.93. The highest BCUT2D eigenvalue weighted by molar-refractivity contribution is 7.87. The standard InChI is InChI=1S/C12H22N2O4S/c1-12(5-3-6-12)9-13-19(17,18)14-7-2-4-10(8-14)11(15)16/h10,13H,2-9H2,1H3,(H,15,16). The second kappa shape index (κ2) is 5.38. The average Bonchev–Trinajstić information content (AvgIpc) is 2.34. The summed E-state index contributed by atoms with van der Waals surface area (Å²) in [7, 11) is -3.54. The summed E-state index contributed by atoms with van der Waals surface area (Å²) in [6.45, 7) is 3.02. The zero-order chi connectivity index (χ0) is 14.1. The van der Waals surface area contributed by atoms with Crippen LogP contribution in [0.1, 0.15) is 39.0 Å². The van der Waals surface area contributed by atoms with Crippen molar-refractivity contribution in [1.29, 1.82) is 0 Å². The lowest BCUT2D eigenvalue weighted by atomic mass is 9.71. The highest BCUT2D eigenvalue weighted by atomic mass is 32.2. The third-order valence-corrected chi connectivity index (χ3v) is 5.84. The fourth-order valence-electron chi connectivity index (χ4n) is 2.68.